The van der Waals surface area contributed by atoms with E-state index in [0.717, 1.165) is 5.39 Å². The fourth-order valence-corrected chi connectivity index (χ4v) is 3.60. The van der Waals surface area contributed by atoms with Gasteiger partial charge in [-0.2, -0.15) is 0 Å². The Hall–Kier alpha value is -2.77. The Morgan fingerprint density at radius 3 is 2.93 bits per heavy atom. The number of aromatic nitrogens is 2. The Morgan fingerprint density at radius 2 is 2.07 bits per heavy atom. The van der Waals surface area contributed by atoms with Gasteiger partial charge in [0.15, 0.2) is 0 Å². The molecule has 3 aromatic rings. The van der Waals surface area contributed by atoms with Gasteiger partial charge < -0.3 is 21.1 Å². The van der Waals surface area contributed by atoms with Gasteiger partial charge in [0.2, 0.25) is 0 Å². The number of hydrogen-bond acceptors (Lipinski definition) is 6. The number of rotatable bonds is 5. The average Bonchev–Trinajstić information content (AvgIpc) is 3.09. The van der Waals surface area contributed by atoms with Crippen LogP contribution in [0.1, 0.15) is 12.0 Å². The molecule has 4 rings (SSSR count). The van der Waals surface area contributed by atoms with Crippen LogP contribution in [0.15, 0.2) is 48.8 Å². The molecule has 2 aromatic carbocycles. The van der Waals surface area contributed by atoms with Gasteiger partial charge in [0.25, 0.3) is 0 Å². The molecule has 1 fully saturated rings. The number of fused-ring (bicyclic) bond motifs is 1. The Labute approximate surface area is 156 Å². The third-order valence-electron chi connectivity index (χ3n) is 5.01. The largest absolute Gasteiger partial charge is 0.391 e. The highest BCUT2D eigenvalue weighted by molar-refractivity contribution is 5.83. The SMILES string of the molecule is NC[C@H]1C[C@@H](O)CN1c1cc(NCc2ccc3ccccc3c2F)ncn1. The van der Waals surface area contributed by atoms with Crippen LogP contribution in [-0.2, 0) is 6.54 Å². The molecule has 0 bridgehead atoms. The van der Waals surface area contributed by atoms with Crippen molar-refractivity contribution < 1.29 is 9.50 Å². The molecule has 7 heteroatoms. The summed E-state index contributed by atoms with van der Waals surface area (Å²) in [6.07, 6.45) is 1.69. The zero-order valence-electron chi connectivity index (χ0n) is 14.8. The van der Waals surface area contributed by atoms with Crippen molar-refractivity contribution in [3.63, 3.8) is 0 Å². The number of nitrogens with two attached hydrogens (primary N) is 1. The molecule has 0 radical (unpaired) electrons. The van der Waals surface area contributed by atoms with Crippen molar-refractivity contribution in [3.8, 4) is 0 Å². The number of aliphatic hydroxyl groups is 1. The molecule has 1 aliphatic heterocycles. The molecule has 2 heterocycles. The maximum absolute atomic E-state index is 14.7. The van der Waals surface area contributed by atoms with Crippen LogP contribution in [0, 0.1) is 5.82 Å². The minimum absolute atomic E-state index is 0.0562. The summed E-state index contributed by atoms with van der Waals surface area (Å²) in [5.74, 6) is 1.09. The van der Waals surface area contributed by atoms with Crippen molar-refractivity contribution in [2.24, 2.45) is 5.73 Å². The summed E-state index contributed by atoms with van der Waals surface area (Å²) in [7, 11) is 0. The van der Waals surface area contributed by atoms with E-state index >= 15 is 0 Å². The number of hydrogen-bond donors (Lipinski definition) is 3. The standard InChI is InChI=1S/C20H22FN5O/c21-20-14(6-5-13-3-1-2-4-17(13)20)10-23-18-8-19(25-12-24-18)26-11-16(27)7-15(26)9-22/h1-6,8,12,15-16,27H,7,9-11,22H2,(H,23,24,25)/t15-,16-/m1/s1. The predicted molar refractivity (Wildman–Crippen MR) is 104 cm³/mol. The maximum atomic E-state index is 14.7. The first kappa shape index (κ1) is 17.6. The van der Waals surface area contributed by atoms with E-state index in [0.29, 0.717) is 48.6 Å². The van der Waals surface area contributed by atoms with E-state index in [9.17, 15) is 9.50 Å². The van der Waals surface area contributed by atoms with Crippen LogP contribution >= 0.6 is 0 Å². The molecule has 27 heavy (non-hydrogen) atoms. The molecule has 0 unspecified atom stereocenters. The lowest BCUT2D eigenvalue weighted by molar-refractivity contribution is 0.194. The molecule has 0 amide bonds. The van der Waals surface area contributed by atoms with Gasteiger partial charge in [-0.15, -0.1) is 0 Å². The summed E-state index contributed by atoms with van der Waals surface area (Å²) in [4.78, 5) is 10.5. The maximum Gasteiger partial charge on any atom is 0.135 e. The van der Waals surface area contributed by atoms with E-state index < -0.39 is 6.10 Å². The minimum atomic E-state index is -0.406. The lowest BCUT2D eigenvalue weighted by Gasteiger charge is -2.24. The van der Waals surface area contributed by atoms with Crippen LogP contribution in [0.4, 0.5) is 16.0 Å². The molecular formula is C20H22FN5O. The summed E-state index contributed by atoms with van der Waals surface area (Å²) in [5, 5.41) is 14.6. The molecule has 1 saturated heterocycles. The van der Waals surface area contributed by atoms with Crippen LogP contribution in [0.2, 0.25) is 0 Å². The molecule has 1 aromatic heterocycles. The van der Waals surface area contributed by atoms with E-state index in [4.69, 9.17) is 5.73 Å². The van der Waals surface area contributed by atoms with Gasteiger partial charge in [-0.3, -0.25) is 0 Å². The van der Waals surface area contributed by atoms with Gasteiger partial charge in [0.1, 0.15) is 23.8 Å². The van der Waals surface area contributed by atoms with Gasteiger partial charge in [0.05, 0.1) is 6.10 Å². The van der Waals surface area contributed by atoms with Gasteiger partial charge >= 0.3 is 0 Å². The van der Waals surface area contributed by atoms with Crippen LogP contribution in [0.3, 0.4) is 0 Å². The molecule has 0 aliphatic carbocycles. The van der Waals surface area contributed by atoms with Crippen molar-refractivity contribution >= 4 is 22.4 Å². The molecule has 1 aliphatic rings. The summed E-state index contributed by atoms with van der Waals surface area (Å²) in [6.45, 7) is 1.26. The summed E-state index contributed by atoms with van der Waals surface area (Å²) < 4.78 is 14.7. The number of β-amino-alcohol motifs (C(OH)–C–C–N with tert-alkyl or cyclic N) is 1. The molecule has 0 spiro atoms. The second-order valence-electron chi connectivity index (χ2n) is 6.81. The second kappa shape index (κ2) is 7.46. The van der Waals surface area contributed by atoms with Crippen molar-refractivity contribution in [3.05, 3.63) is 60.2 Å². The normalized spacial score (nSPS) is 19.6. The van der Waals surface area contributed by atoms with Crippen LogP contribution in [0.25, 0.3) is 10.8 Å². The lowest BCUT2D eigenvalue weighted by Crippen LogP contribution is -2.36. The molecule has 140 valence electrons. The van der Waals surface area contributed by atoms with E-state index in [1.165, 1.54) is 6.33 Å². The first-order valence-electron chi connectivity index (χ1n) is 9.02. The van der Waals surface area contributed by atoms with Gasteiger partial charge in [-0.1, -0.05) is 36.4 Å². The highest BCUT2D eigenvalue weighted by Crippen LogP contribution is 2.25. The minimum Gasteiger partial charge on any atom is -0.391 e. The quantitative estimate of drug-likeness (QED) is 0.641. The summed E-state index contributed by atoms with van der Waals surface area (Å²) >= 11 is 0. The number of anilines is 2. The average molecular weight is 367 g/mol. The molecule has 0 saturated carbocycles. The molecule has 6 nitrogen and oxygen atoms in total. The Morgan fingerprint density at radius 1 is 1.22 bits per heavy atom. The van der Waals surface area contributed by atoms with Crippen molar-refractivity contribution in [1.82, 2.24) is 9.97 Å². The van der Waals surface area contributed by atoms with Crippen molar-refractivity contribution in [1.29, 1.82) is 0 Å². The summed E-state index contributed by atoms with van der Waals surface area (Å²) in [6, 6.07) is 13.0. The Bertz CT molecular complexity index is 951. The van der Waals surface area contributed by atoms with E-state index in [-0.39, 0.29) is 11.9 Å². The number of nitrogens with one attached hydrogen (secondary N) is 1. The Kier molecular flexibility index (Phi) is 4.87. The zero-order chi connectivity index (χ0) is 18.8. The lowest BCUT2D eigenvalue weighted by atomic mass is 10.1. The monoisotopic (exact) mass is 367 g/mol. The van der Waals surface area contributed by atoms with Gasteiger partial charge in [0, 0.05) is 42.7 Å². The Balaban J connectivity index is 1.52. The van der Waals surface area contributed by atoms with E-state index in [2.05, 4.69) is 15.3 Å². The third kappa shape index (κ3) is 3.56. The molecule has 2 atom stereocenters. The van der Waals surface area contributed by atoms with E-state index in [1.54, 1.807) is 18.2 Å². The van der Waals surface area contributed by atoms with Crippen molar-refractivity contribution in [2.45, 2.75) is 25.1 Å². The van der Waals surface area contributed by atoms with Crippen LogP contribution in [0.5, 0.6) is 0 Å². The predicted octanol–water partition coefficient (Wildman–Crippen LogP) is 2.28. The van der Waals surface area contributed by atoms with Crippen LogP contribution in [-0.4, -0.2) is 40.3 Å². The second-order valence-corrected chi connectivity index (χ2v) is 6.81. The fraction of sp³-hybridized carbons (Fsp3) is 0.300. The molecular weight excluding hydrogens is 345 g/mol. The number of benzene rings is 2. The third-order valence-corrected chi connectivity index (χ3v) is 5.01. The fourth-order valence-electron chi connectivity index (χ4n) is 3.60. The first-order valence-corrected chi connectivity index (χ1v) is 9.02. The summed E-state index contributed by atoms with van der Waals surface area (Å²) in [5.41, 5.74) is 6.38. The van der Waals surface area contributed by atoms with E-state index in [1.807, 2.05) is 29.2 Å². The van der Waals surface area contributed by atoms with Gasteiger partial charge in [-0.05, 0) is 11.8 Å². The molecule has 4 N–H and O–H groups in total. The zero-order valence-corrected chi connectivity index (χ0v) is 14.8. The van der Waals surface area contributed by atoms with Gasteiger partial charge in [-0.25, -0.2) is 14.4 Å². The first-order chi connectivity index (χ1) is 13.2. The highest BCUT2D eigenvalue weighted by Gasteiger charge is 2.30. The van der Waals surface area contributed by atoms with Crippen LogP contribution < -0.4 is 16.0 Å². The topological polar surface area (TPSA) is 87.3 Å². The number of halogens is 1. The number of aliphatic hydroxyl groups excluding tert-OH is 1. The smallest absolute Gasteiger partial charge is 0.135 e. The highest BCUT2D eigenvalue weighted by atomic mass is 19.1. The van der Waals surface area contributed by atoms with Crippen molar-refractivity contribution in [2.75, 3.05) is 23.3 Å². The number of nitrogens with zero attached hydrogens (tertiary/aromatic N) is 3.